The third kappa shape index (κ3) is 5.14. The highest BCUT2D eigenvalue weighted by Crippen LogP contribution is 2.34. The molecular formula is C24H23N3O4. The number of nitrogens with zero attached hydrogens (tertiary/aromatic N) is 1. The molecule has 31 heavy (non-hydrogen) atoms. The number of benzene rings is 3. The molecule has 7 heteroatoms. The Morgan fingerprint density at radius 3 is 2.52 bits per heavy atom. The van der Waals surface area contributed by atoms with Crippen molar-refractivity contribution in [3.8, 4) is 11.5 Å². The van der Waals surface area contributed by atoms with Crippen LogP contribution >= 0.6 is 0 Å². The minimum absolute atomic E-state index is 0.0583. The molecule has 3 aromatic carbocycles. The van der Waals surface area contributed by atoms with E-state index in [2.05, 4.69) is 10.6 Å². The van der Waals surface area contributed by atoms with Gasteiger partial charge in [-0.25, -0.2) is 4.79 Å². The SMILES string of the molecule is Cc1ccc(OCCN2C(=O)COc3cc(NC(=O)Nc4ccccc4)ccc32)cc1. The fourth-order valence-corrected chi connectivity index (χ4v) is 3.23. The Balaban J connectivity index is 1.39. The predicted octanol–water partition coefficient (Wildman–Crippen LogP) is 4.44. The first-order chi connectivity index (χ1) is 15.1. The van der Waals surface area contributed by atoms with E-state index < -0.39 is 0 Å². The number of anilines is 3. The summed E-state index contributed by atoms with van der Waals surface area (Å²) in [7, 11) is 0. The minimum atomic E-state index is -0.360. The third-order valence-corrected chi connectivity index (χ3v) is 4.80. The molecule has 3 amide bonds. The molecule has 2 N–H and O–H groups in total. The van der Waals surface area contributed by atoms with Crippen LogP contribution in [0, 0.1) is 6.92 Å². The quantitative estimate of drug-likeness (QED) is 0.621. The van der Waals surface area contributed by atoms with E-state index in [4.69, 9.17) is 9.47 Å². The lowest BCUT2D eigenvalue weighted by atomic mass is 10.2. The molecule has 1 aliphatic heterocycles. The minimum Gasteiger partial charge on any atom is -0.492 e. The zero-order chi connectivity index (χ0) is 21.6. The molecule has 0 aromatic heterocycles. The van der Waals surface area contributed by atoms with Gasteiger partial charge in [0.05, 0.1) is 12.2 Å². The predicted molar refractivity (Wildman–Crippen MR) is 120 cm³/mol. The third-order valence-electron chi connectivity index (χ3n) is 4.80. The second-order valence-electron chi connectivity index (χ2n) is 7.12. The number of amides is 3. The lowest BCUT2D eigenvalue weighted by Crippen LogP contribution is -2.41. The molecule has 0 saturated heterocycles. The maximum atomic E-state index is 12.4. The van der Waals surface area contributed by atoms with Gasteiger partial charge in [0.15, 0.2) is 6.61 Å². The summed E-state index contributed by atoms with van der Waals surface area (Å²) in [6.45, 7) is 2.71. The van der Waals surface area contributed by atoms with Crippen LogP contribution in [0.25, 0.3) is 0 Å². The van der Waals surface area contributed by atoms with Crippen molar-refractivity contribution in [3.63, 3.8) is 0 Å². The molecule has 0 fully saturated rings. The van der Waals surface area contributed by atoms with Gasteiger partial charge in [0.25, 0.3) is 5.91 Å². The van der Waals surface area contributed by atoms with Crippen molar-refractivity contribution in [3.05, 3.63) is 78.4 Å². The molecule has 3 aromatic rings. The van der Waals surface area contributed by atoms with Gasteiger partial charge < -0.3 is 25.0 Å². The molecular weight excluding hydrogens is 394 g/mol. The summed E-state index contributed by atoms with van der Waals surface area (Å²) in [5, 5.41) is 5.54. The van der Waals surface area contributed by atoms with E-state index in [0.29, 0.717) is 36.0 Å². The van der Waals surface area contributed by atoms with Gasteiger partial charge in [-0.2, -0.15) is 0 Å². The summed E-state index contributed by atoms with van der Waals surface area (Å²) in [5.41, 5.74) is 3.07. The van der Waals surface area contributed by atoms with Crippen LogP contribution in [-0.4, -0.2) is 31.7 Å². The Morgan fingerprint density at radius 2 is 1.74 bits per heavy atom. The van der Waals surface area contributed by atoms with E-state index >= 15 is 0 Å². The fraction of sp³-hybridized carbons (Fsp3) is 0.167. The molecule has 0 aliphatic carbocycles. The number of ether oxygens (including phenoxy) is 2. The second kappa shape index (κ2) is 9.21. The Kier molecular flexibility index (Phi) is 6.03. The van der Waals surface area contributed by atoms with Gasteiger partial charge >= 0.3 is 6.03 Å². The van der Waals surface area contributed by atoms with E-state index in [1.807, 2.05) is 49.4 Å². The van der Waals surface area contributed by atoms with Crippen molar-refractivity contribution in [1.82, 2.24) is 0 Å². The van der Waals surface area contributed by atoms with E-state index in [0.717, 1.165) is 11.3 Å². The molecule has 158 valence electrons. The van der Waals surface area contributed by atoms with Gasteiger partial charge in [0.1, 0.15) is 18.1 Å². The molecule has 0 bridgehead atoms. The summed E-state index contributed by atoms with van der Waals surface area (Å²) in [6.07, 6.45) is 0. The summed E-state index contributed by atoms with van der Waals surface area (Å²) < 4.78 is 11.3. The van der Waals surface area contributed by atoms with Crippen LogP contribution in [0.2, 0.25) is 0 Å². The second-order valence-corrected chi connectivity index (χ2v) is 7.12. The molecule has 0 atom stereocenters. The fourth-order valence-electron chi connectivity index (χ4n) is 3.23. The standard InChI is InChI=1S/C24H23N3O4/c1-17-7-10-20(11-8-17)30-14-13-27-21-12-9-19(15-22(21)31-16-23(27)28)26-24(29)25-18-5-3-2-4-6-18/h2-12,15H,13-14,16H2,1H3,(H2,25,26,29). The zero-order valence-electron chi connectivity index (χ0n) is 17.1. The van der Waals surface area contributed by atoms with E-state index in [1.165, 1.54) is 0 Å². The lowest BCUT2D eigenvalue weighted by Gasteiger charge is -2.29. The van der Waals surface area contributed by atoms with Crippen molar-refractivity contribution < 1.29 is 19.1 Å². The maximum Gasteiger partial charge on any atom is 0.323 e. The normalized spacial score (nSPS) is 12.5. The Morgan fingerprint density at radius 1 is 1.00 bits per heavy atom. The van der Waals surface area contributed by atoms with E-state index in [9.17, 15) is 9.59 Å². The summed E-state index contributed by atoms with van der Waals surface area (Å²) >= 11 is 0. The van der Waals surface area contributed by atoms with Crippen LogP contribution in [0.15, 0.2) is 72.8 Å². The number of urea groups is 1. The molecule has 0 spiro atoms. The van der Waals surface area contributed by atoms with Gasteiger partial charge in [-0.3, -0.25) is 4.79 Å². The summed E-state index contributed by atoms with van der Waals surface area (Å²) in [6, 6.07) is 21.8. The van der Waals surface area contributed by atoms with Gasteiger partial charge in [0.2, 0.25) is 0 Å². The Labute approximate surface area is 180 Å². The smallest absolute Gasteiger partial charge is 0.323 e. The number of aryl methyl sites for hydroxylation is 1. The first-order valence-corrected chi connectivity index (χ1v) is 9.98. The molecule has 0 saturated carbocycles. The Hall–Kier alpha value is -4.00. The number of hydrogen-bond acceptors (Lipinski definition) is 4. The number of carbonyl (C=O) groups excluding carboxylic acids is 2. The molecule has 0 radical (unpaired) electrons. The van der Waals surface area contributed by atoms with Crippen molar-refractivity contribution in [1.29, 1.82) is 0 Å². The highest BCUT2D eigenvalue weighted by atomic mass is 16.5. The topological polar surface area (TPSA) is 79.9 Å². The van der Waals surface area contributed by atoms with Gasteiger partial charge in [-0.15, -0.1) is 0 Å². The van der Waals surface area contributed by atoms with Gasteiger partial charge in [-0.1, -0.05) is 35.9 Å². The number of carbonyl (C=O) groups is 2. The van der Waals surface area contributed by atoms with Gasteiger partial charge in [-0.05, 0) is 43.3 Å². The maximum absolute atomic E-state index is 12.4. The number of hydrogen-bond donors (Lipinski definition) is 2. The van der Waals surface area contributed by atoms with Crippen LogP contribution in [0.3, 0.4) is 0 Å². The van der Waals surface area contributed by atoms with Crippen molar-refractivity contribution in [2.45, 2.75) is 6.92 Å². The molecule has 1 aliphatic rings. The zero-order valence-corrected chi connectivity index (χ0v) is 17.1. The number of nitrogens with one attached hydrogen (secondary N) is 2. The summed E-state index contributed by atoms with van der Waals surface area (Å²) in [5.74, 6) is 1.16. The number of fused-ring (bicyclic) bond motifs is 1. The van der Waals surface area contributed by atoms with E-state index in [-0.39, 0.29) is 18.5 Å². The highest BCUT2D eigenvalue weighted by Gasteiger charge is 2.25. The summed E-state index contributed by atoms with van der Waals surface area (Å²) in [4.78, 5) is 26.2. The van der Waals surface area contributed by atoms with Crippen LogP contribution in [0.4, 0.5) is 21.9 Å². The monoisotopic (exact) mass is 417 g/mol. The largest absolute Gasteiger partial charge is 0.492 e. The van der Waals surface area contributed by atoms with Crippen LogP contribution < -0.4 is 25.0 Å². The van der Waals surface area contributed by atoms with Crippen LogP contribution in [0.5, 0.6) is 11.5 Å². The average molecular weight is 417 g/mol. The Bertz CT molecular complexity index is 1070. The van der Waals surface area contributed by atoms with Crippen LogP contribution in [-0.2, 0) is 4.79 Å². The molecule has 4 rings (SSSR count). The van der Waals surface area contributed by atoms with Crippen molar-refractivity contribution in [2.24, 2.45) is 0 Å². The first kappa shape index (κ1) is 20.3. The average Bonchev–Trinajstić information content (AvgIpc) is 2.77. The number of rotatable bonds is 6. The molecule has 7 nitrogen and oxygen atoms in total. The van der Waals surface area contributed by atoms with Crippen molar-refractivity contribution >= 4 is 29.0 Å². The molecule has 1 heterocycles. The number of para-hydroxylation sites is 1. The van der Waals surface area contributed by atoms with E-state index in [1.54, 1.807) is 35.2 Å². The first-order valence-electron chi connectivity index (χ1n) is 9.98. The highest BCUT2D eigenvalue weighted by molar-refractivity contribution is 6.01. The van der Waals surface area contributed by atoms with Crippen molar-refractivity contribution in [2.75, 3.05) is 35.3 Å². The van der Waals surface area contributed by atoms with Crippen LogP contribution in [0.1, 0.15) is 5.56 Å². The van der Waals surface area contributed by atoms with Gasteiger partial charge in [0, 0.05) is 17.4 Å². The molecule has 0 unspecified atom stereocenters. The lowest BCUT2D eigenvalue weighted by molar-refractivity contribution is -0.121.